The molecule has 2 amide bonds. The lowest BCUT2D eigenvalue weighted by molar-refractivity contribution is -0.192. The smallest absolute Gasteiger partial charge is 0.233 e. The second-order valence-electron chi connectivity index (χ2n) is 15.0. The van der Waals surface area contributed by atoms with E-state index in [0.717, 1.165) is 31.4 Å². The van der Waals surface area contributed by atoms with Crippen molar-refractivity contribution in [2.24, 2.45) is 11.8 Å². The van der Waals surface area contributed by atoms with Crippen molar-refractivity contribution in [3.63, 3.8) is 0 Å². The summed E-state index contributed by atoms with van der Waals surface area (Å²) in [5.74, 6) is 0.260. The lowest BCUT2D eigenvalue weighted by Crippen LogP contribution is -2.58. The molecule has 18 heteroatoms. The van der Waals surface area contributed by atoms with E-state index in [1.54, 1.807) is 13.0 Å². The van der Waals surface area contributed by atoms with Gasteiger partial charge in [0.1, 0.15) is 24.9 Å². The molecule has 0 saturated carbocycles. The van der Waals surface area contributed by atoms with E-state index >= 15 is 0 Å². The molecule has 0 aliphatic rings. The summed E-state index contributed by atoms with van der Waals surface area (Å²) in [6.07, 6.45) is 2.11. The molecule has 10 N–H and O–H groups in total. The molecular weight excluding hydrogens is 747 g/mol. The van der Waals surface area contributed by atoms with Gasteiger partial charge < -0.3 is 50.5 Å². The predicted molar refractivity (Wildman–Crippen MR) is 230 cm³/mol. The van der Waals surface area contributed by atoms with E-state index in [1.165, 1.54) is 19.1 Å². The van der Waals surface area contributed by atoms with Crippen LogP contribution in [0.15, 0.2) is 24.8 Å². The highest BCUT2D eigenvalue weighted by Gasteiger charge is 2.36. The Morgan fingerprint density at radius 1 is 0.879 bits per heavy atom. The van der Waals surface area contributed by atoms with Gasteiger partial charge in [-0.2, -0.15) is 0 Å². The molecular formula is C40H82BN8O9. The van der Waals surface area contributed by atoms with Gasteiger partial charge in [-0.3, -0.25) is 30.4 Å². The Kier molecular flexibility index (Phi) is 30.7. The minimum absolute atomic E-state index is 0.0177. The van der Waals surface area contributed by atoms with Crippen LogP contribution >= 0.6 is 0 Å². The normalized spacial score (nSPS) is 17.1. The zero-order valence-electron chi connectivity index (χ0n) is 37.3. The van der Waals surface area contributed by atoms with Crippen molar-refractivity contribution in [3.8, 4) is 0 Å². The van der Waals surface area contributed by atoms with Crippen LogP contribution in [0.1, 0.15) is 87.0 Å². The van der Waals surface area contributed by atoms with Crippen LogP contribution in [0.25, 0.3) is 0 Å². The Hall–Kier alpha value is -2.04. The van der Waals surface area contributed by atoms with Crippen molar-refractivity contribution >= 4 is 19.2 Å². The van der Waals surface area contributed by atoms with Crippen LogP contribution < -0.4 is 31.8 Å². The topological polar surface area (TPSA) is 221 Å². The molecule has 8 unspecified atom stereocenters. The first-order valence-electron chi connectivity index (χ1n) is 21.1. The number of aliphatic hydroxyl groups is 4. The third kappa shape index (κ3) is 22.0. The number of rotatable bonds is 38. The lowest BCUT2D eigenvalue weighted by Gasteiger charge is -2.42. The first-order chi connectivity index (χ1) is 27.5. The monoisotopic (exact) mass is 830 g/mol. The maximum absolute atomic E-state index is 12.7. The fourth-order valence-corrected chi connectivity index (χ4v) is 6.17. The Bertz CT molecular complexity index is 1130. The molecule has 0 aromatic rings. The predicted octanol–water partition coefficient (Wildman–Crippen LogP) is 0.188. The molecule has 339 valence electrons. The molecule has 17 nitrogen and oxygen atoms in total. The van der Waals surface area contributed by atoms with Gasteiger partial charge in [-0.05, 0) is 49.6 Å². The van der Waals surface area contributed by atoms with Gasteiger partial charge in [0.05, 0.1) is 25.2 Å². The number of ether oxygens (including phenoxy) is 3. The Morgan fingerprint density at radius 2 is 1.55 bits per heavy atom. The minimum Gasteiger partial charge on any atom is -0.377 e. The van der Waals surface area contributed by atoms with E-state index in [0.29, 0.717) is 44.8 Å². The maximum atomic E-state index is 12.7. The number of carbonyl (C=O) groups excluding carboxylic acids is 2. The van der Waals surface area contributed by atoms with Gasteiger partial charge in [0.25, 0.3) is 0 Å². The summed E-state index contributed by atoms with van der Waals surface area (Å²) in [6, 6.07) is 0. The highest BCUT2D eigenvalue weighted by Crippen LogP contribution is 2.27. The molecule has 58 heavy (non-hydrogen) atoms. The van der Waals surface area contributed by atoms with Crippen LogP contribution in [0.4, 0.5) is 0 Å². The van der Waals surface area contributed by atoms with E-state index in [4.69, 9.17) is 14.2 Å². The van der Waals surface area contributed by atoms with Gasteiger partial charge in [0.2, 0.25) is 19.2 Å². The van der Waals surface area contributed by atoms with E-state index < -0.39 is 36.3 Å². The average molecular weight is 830 g/mol. The Labute approximate surface area is 350 Å². The van der Waals surface area contributed by atoms with E-state index in [-0.39, 0.29) is 63.6 Å². The molecule has 0 spiro atoms. The number of amides is 2. The molecule has 8 atom stereocenters. The summed E-state index contributed by atoms with van der Waals surface area (Å²) < 4.78 is 16.6. The van der Waals surface area contributed by atoms with Crippen LogP contribution in [0.2, 0.25) is 0 Å². The largest absolute Gasteiger partial charge is 0.377 e. The second-order valence-corrected chi connectivity index (χ2v) is 15.0. The molecule has 0 heterocycles. The quantitative estimate of drug-likeness (QED) is 0.0174. The number of nitrogens with one attached hydrogen (secondary N) is 6. The summed E-state index contributed by atoms with van der Waals surface area (Å²) in [6.45, 7) is 24.6. The summed E-state index contributed by atoms with van der Waals surface area (Å²) in [5, 5.41) is 61.2. The van der Waals surface area contributed by atoms with Crippen molar-refractivity contribution < 1.29 is 44.2 Å². The standard InChI is InChI=1S/C40H82BN8O9/c1-12-30(7)18-19-47-41-28-44-35(52)22-45-39(15-4,16-5)32(9)25-48(26-37(54)56-10)21-20-42-34(51)23-46-40(17-6,31(8)13-2)58-29-49(27-38(55)57-11)36(53)24-43-33(50)14-3/h15,30-31,34,36-38,42,45-47,51,53-55H,4,9,12-14,16-29H2,1-3,5-8,10-11H3,(H,43,50)(H,44,52). The molecule has 0 aromatic carbocycles. The van der Waals surface area contributed by atoms with Crippen LogP contribution in [-0.4, -0.2) is 172 Å². The van der Waals surface area contributed by atoms with E-state index in [9.17, 15) is 30.0 Å². The van der Waals surface area contributed by atoms with Gasteiger partial charge in [0, 0.05) is 59.8 Å². The Balaban J connectivity index is 5.49. The van der Waals surface area contributed by atoms with Gasteiger partial charge >= 0.3 is 0 Å². The summed E-state index contributed by atoms with van der Waals surface area (Å²) in [4.78, 5) is 28.0. The van der Waals surface area contributed by atoms with Crippen molar-refractivity contribution in [1.29, 1.82) is 0 Å². The highest BCUT2D eigenvalue weighted by molar-refractivity contribution is 6.32. The van der Waals surface area contributed by atoms with Crippen molar-refractivity contribution in [2.45, 2.75) is 123 Å². The molecule has 0 aliphatic carbocycles. The van der Waals surface area contributed by atoms with Crippen molar-refractivity contribution in [2.75, 3.05) is 86.3 Å². The third-order valence-corrected chi connectivity index (χ3v) is 10.9. The number of nitrogens with zero attached hydrogens (tertiary/aromatic N) is 2. The Morgan fingerprint density at radius 3 is 2.12 bits per heavy atom. The molecule has 0 saturated heterocycles. The number of hydrogen-bond acceptors (Lipinski definition) is 15. The SMILES string of the molecule is C=CC(CC)(NCC(=O)NC[B]NCCC(C)CC)C(=C)CN(CCNC(O)CNC(CC)(OCN(CC(O)OC)C(O)CNC(=O)CC)C(C)CC)CC(O)OC. The number of methoxy groups -OCH3 is 2. The van der Waals surface area contributed by atoms with Crippen LogP contribution in [0.3, 0.4) is 0 Å². The van der Waals surface area contributed by atoms with Gasteiger partial charge in [-0.15, -0.1) is 6.58 Å². The first kappa shape index (κ1) is 56.0. The number of hydrogen-bond donors (Lipinski definition) is 10. The molecule has 0 fully saturated rings. The lowest BCUT2D eigenvalue weighted by atomic mass is 9.87. The molecule has 1 radical (unpaired) electrons. The highest BCUT2D eigenvalue weighted by atomic mass is 16.6. The van der Waals surface area contributed by atoms with Gasteiger partial charge in [-0.25, -0.2) is 4.90 Å². The van der Waals surface area contributed by atoms with Crippen LogP contribution in [-0.2, 0) is 23.8 Å². The summed E-state index contributed by atoms with van der Waals surface area (Å²) in [5.41, 5.74) is -0.907. The number of aliphatic hydroxyl groups excluding tert-OH is 4. The van der Waals surface area contributed by atoms with Gasteiger partial charge in [0.15, 0.2) is 12.6 Å². The summed E-state index contributed by atoms with van der Waals surface area (Å²) in [7, 11) is 4.64. The van der Waals surface area contributed by atoms with E-state index in [2.05, 4.69) is 58.8 Å². The fourth-order valence-electron chi connectivity index (χ4n) is 6.17. The fraction of sp³-hybridized carbons (Fsp3) is 0.850. The molecule has 0 bridgehead atoms. The second kappa shape index (κ2) is 31.8. The van der Waals surface area contributed by atoms with Gasteiger partial charge in [-0.1, -0.05) is 67.5 Å². The zero-order valence-corrected chi connectivity index (χ0v) is 37.3. The first-order valence-corrected chi connectivity index (χ1v) is 21.1. The van der Waals surface area contributed by atoms with Crippen molar-refractivity contribution in [1.82, 2.24) is 41.6 Å². The maximum Gasteiger partial charge on any atom is 0.233 e. The van der Waals surface area contributed by atoms with Crippen LogP contribution in [0.5, 0.6) is 0 Å². The molecule has 0 aromatic heterocycles. The number of carbonyl (C=O) groups is 2. The van der Waals surface area contributed by atoms with Crippen molar-refractivity contribution in [3.05, 3.63) is 24.8 Å². The molecule has 0 rings (SSSR count). The summed E-state index contributed by atoms with van der Waals surface area (Å²) >= 11 is 0. The molecule has 0 aliphatic heterocycles. The average Bonchev–Trinajstić information content (AvgIpc) is 3.23. The minimum atomic E-state index is -1.20. The van der Waals surface area contributed by atoms with Crippen LogP contribution in [0, 0.1) is 11.8 Å². The van der Waals surface area contributed by atoms with E-state index in [1.807, 2.05) is 40.0 Å². The zero-order chi connectivity index (χ0) is 44.1. The third-order valence-electron chi connectivity index (χ3n) is 10.9.